The van der Waals surface area contributed by atoms with E-state index in [2.05, 4.69) is 45.7 Å². The van der Waals surface area contributed by atoms with Gasteiger partial charge in [-0.15, -0.1) is 10.2 Å². The maximum Gasteiger partial charge on any atom is 0.176 e. The Morgan fingerprint density at radius 3 is 2.68 bits per heavy atom. The zero-order chi connectivity index (χ0) is 13.8. The normalized spacial score (nSPS) is 12.8. The lowest BCUT2D eigenvalue weighted by Gasteiger charge is -2.17. The third kappa shape index (κ3) is 3.17. The molecule has 0 spiro atoms. The van der Waals surface area contributed by atoms with Crippen LogP contribution in [0.1, 0.15) is 37.1 Å². The minimum Gasteiger partial charge on any atom is -0.309 e. The summed E-state index contributed by atoms with van der Waals surface area (Å²) < 4.78 is 2.03. The van der Waals surface area contributed by atoms with Crippen molar-refractivity contribution in [3.63, 3.8) is 0 Å². The fourth-order valence-electron chi connectivity index (χ4n) is 2.21. The lowest BCUT2D eigenvalue weighted by atomic mass is 10.1. The predicted octanol–water partition coefficient (Wildman–Crippen LogP) is 0.628. The first-order chi connectivity index (χ1) is 9.13. The van der Waals surface area contributed by atoms with Crippen LogP contribution in [-0.2, 0) is 20.0 Å². The van der Waals surface area contributed by atoms with Crippen LogP contribution >= 0.6 is 0 Å². The van der Waals surface area contributed by atoms with E-state index >= 15 is 0 Å². The first-order valence-corrected chi connectivity index (χ1v) is 6.64. The number of hydrogen-bond acceptors (Lipinski definition) is 5. The molecule has 2 aromatic rings. The van der Waals surface area contributed by atoms with Crippen LogP contribution in [0.4, 0.5) is 0 Å². The molecule has 0 saturated carbocycles. The molecule has 0 aromatic carbocycles. The molecule has 104 valence electrons. The molecule has 19 heavy (non-hydrogen) atoms. The molecule has 0 saturated heterocycles. The van der Waals surface area contributed by atoms with Gasteiger partial charge in [0.1, 0.15) is 0 Å². The average Bonchev–Trinajstić information content (AvgIpc) is 2.94. The van der Waals surface area contributed by atoms with Gasteiger partial charge in [-0.1, -0.05) is 6.92 Å². The summed E-state index contributed by atoms with van der Waals surface area (Å²) in [6.07, 6.45) is 0.715. The van der Waals surface area contributed by atoms with Crippen molar-refractivity contribution >= 4 is 0 Å². The molecular weight excluding hydrogens is 242 g/mol. The summed E-state index contributed by atoms with van der Waals surface area (Å²) >= 11 is 0. The van der Waals surface area contributed by atoms with Gasteiger partial charge in [0, 0.05) is 13.0 Å². The van der Waals surface area contributed by atoms with E-state index in [-0.39, 0.29) is 6.04 Å². The minimum atomic E-state index is 0.162. The van der Waals surface area contributed by atoms with Crippen LogP contribution in [0.3, 0.4) is 0 Å². The number of nitrogens with zero attached hydrogens (tertiary/aromatic N) is 6. The summed E-state index contributed by atoms with van der Waals surface area (Å²) in [5.41, 5.74) is 2.21. The Hall–Kier alpha value is -1.76. The Morgan fingerprint density at radius 1 is 1.32 bits per heavy atom. The Kier molecular flexibility index (Phi) is 4.26. The van der Waals surface area contributed by atoms with E-state index in [0.29, 0.717) is 6.42 Å². The van der Waals surface area contributed by atoms with Gasteiger partial charge in [-0.2, -0.15) is 9.90 Å². The monoisotopic (exact) mass is 263 g/mol. The highest BCUT2D eigenvalue weighted by Gasteiger charge is 2.18. The number of aryl methyl sites for hydroxylation is 3. The van der Waals surface area contributed by atoms with Crippen LogP contribution < -0.4 is 5.32 Å². The molecule has 2 rings (SSSR count). The fraction of sp³-hybridized carbons (Fsp3) is 0.667. The Balaban J connectivity index is 2.23. The summed E-state index contributed by atoms with van der Waals surface area (Å²) in [4.78, 5) is 1.49. The maximum atomic E-state index is 4.49. The van der Waals surface area contributed by atoms with Crippen LogP contribution in [0.2, 0.25) is 0 Å². The molecule has 0 aliphatic carbocycles. The number of tetrazole rings is 1. The molecule has 7 nitrogen and oxygen atoms in total. The summed E-state index contributed by atoms with van der Waals surface area (Å²) in [6, 6.07) is 2.28. The number of hydrogen-bond donors (Lipinski definition) is 1. The van der Waals surface area contributed by atoms with E-state index in [1.807, 2.05) is 11.6 Å². The quantitative estimate of drug-likeness (QED) is 0.827. The predicted molar refractivity (Wildman–Crippen MR) is 71.6 cm³/mol. The maximum absolute atomic E-state index is 4.49. The fourth-order valence-corrected chi connectivity index (χ4v) is 2.21. The molecule has 1 N–H and O–H groups in total. The molecule has 0 bridgehead atoms. The van der Waals surface area contributed by atoms with Gasteiger partial charge < -0.3 is 5.32 Å². The highest BCUT2D eigenvalue weighted by atomic mass is 15.6. The van der Waals surface area contributed by atoms with Crippen molar-refractivity contribution in [1.82, 2.24) is 35.3 Å². The largest absolute Gasteiger partial charge is 0.309 e. The van der Waals surface area contributed by atoms with E-state index in [1.165, 1.54) is 10.5 Å². The molecule has 0 aliphatic rings. The number of aromatic nitrogens is 6. The molecule has 0 aliphatic heterocycles. The minimum absolute atomic E-state index is 0.162. The topological polar surface area (TPSA) is 73.5 Å². The second kappa shape index (κ2) is 5.92. The van der Waals surface area contributed by atoms with Crippen LogP contribution in [0.15, 0.2) is 6.07 Å². The van der Waals surface area contributed by atoms with Gasteiger partial charge in [-0.3, -0.25) is 4.68 Å². The molecule has 0 fully saturated rings. The second-order valence-corrected chi connectivity index (χ2v) is 4.54. The molecule has 0 amide bonds. The van der Waals surface area contributed by atoms with Gasteiger partial charge in [0.05, 0.1) is 24.5 Å². The van der Waals surface area contributed by atoms with E-state index < -0.39 is 0 Å². The zero-order valence-electron chi connectivity index (χ0n) is 12.0. The van der Waals surface area contributed by atoms with Crippen molar-refractivity contribution in [2.45, 2.75) is 39.8 Å². The summed E-state index contributed by atoms with van der Waals surface area (Å²) in [7, 11) is 1.78. The zero-order valence-corrected chi connectivity index (χ0v) is 12.0. The Labute approximate surface area is 113 Å². The third-order valence-corrected chi connectivity index (χ3v) is 2.98. The van der Waals surface area contributed by atoms with E-state index in [1.54, 1.807) is 7.05 Å². The summed E-state index contributed by atoms with van der Waals surface area (Å²) in [5.74, 6) is 0.745. The van der Waals surface area contributed by atoms with Crippen molar-refractivity contribution in [3.8, 4) is 0 Å². The van der Waals surface area contributed by atoms with Gasteiger partial charge in [0.25, 0.3) is 0 Å². The van der Waals surface area contributed by atoms with Gasteiger partial charge in [0.2, 0.25) is 0 Å². The molecule has 2 heterocycles. The highest BCUT2D eigenvalue weighted by molar-refractivity contribution is 5.14. The number of nitrogens with one attached hydrogen (secondary N) is 1. The molecule has 0 radical (unpaired) electrons. The SMILES string of the molecule is CCNC(Cc1nnn(C)n1)c1cc(C)nn1CC. The first kappa shape index (κ1) is 13.7. The van der Waals surface area contributed by atoms with Crippen molar-refractivity contribution in [2.75, 3.05) is 6.54 Å². The van der Waals surface area contributed by atoms with E-state index in [9.17, 15) is 0 Å². The van der Waals surface area contributed by atoms with Gasteiger partial charge >= 0.3 is 0 Å². The second-order valence-electron chi connectivity index (χ2n) is 4.54. The lowest BCUT2D eigenvalue weighted by Crippen LogP contribution is -2.26. The first-order valence-electron chi connectivity index (χ1n) is 6.64. The molecule has 1 atom stereocenters. The molecule has 7 heteroatoms. The van der Waals surface area contributed by atoms with Crippen molar-refractivity contribution in [3.05, 3.63) is 23.3 Å². The van der Waals surface area contributed by atoms with Crippen molar-refractivity contribution in [2.24, 2.45) is 7.05 Å². The van der Waals surface area contributed by atoms with Crippen LogP contribution in [0.25, 0.3) is 0 Å². The van der Waals surface area contributed by atoms with Gasteiger partial charge in [0.15, 0.2) is 5.82 Å². The van der Waals surface area contributed by atoms with Crippen molar-refractivity contribution < 1.29 is 0 Å². The van der Waals surface area contributed by atoms with Gasteiger partial charge in [-0.25, -0.2) is 0 Å². The van der Waals surface area contributed by atoms with Crippen LogP contribution in [-0.4, -0.2) is 36.5 Å². The van der Waals surface area contributed by atoms with E-state index in [0.717, 1.165) is 24.6 Å². The van der Waals surface area contributed by atoms with Gasteiger partial charge in [-0.05, 0) is 31.7 Å². The summed E-state index contributed by atoms with van der Waals surface area (Å²) in [5, 5.41) is 20.1. The highest BCUT2D eigenvalue weighted by Crippen LogP contribution is 2.18. The average molecular weight is 263 g/mol. The van der Waals surface area contributed by atoms with Crippen LogP contribution in [0.5, 0.6) is 0 Å². The molecule has 1 unspecified atom stereocenters. The number of rotatable bonds is 6. The smallest absolute Gasteiger partial charge is 0.176 e. The Bertz CT molecular complexity index is 528. The molecule has 2 aromatic heterocycles. The number of likely N-dealkylation sites (N-methyl/N-ethyl adjacent to an activating group) is 1. The molecular formula is C12H21N7. The third-order valence-electron chi connectivity index (χ3n) is 2.98. The van der Waals surface area contributed by atoms with Crippen LogP contribution in [0, 0.1) is 6.92 Å². The van der Waals surface area contributed by atoms with Crippen molar-refractivity contribution in [1.29, 1.82) is 0 Å². The summed E-state index contributed by atoms with van der Waals surface area (Å²) in [6.45, 7) is 7.95. The standard InChI is InChI=1S/C12H21N7/c1-5-13-10(8-12-14-17-18(4)16-12)11-7-9(3)15-19(11)6-2/h7,10,13H,5-6,8H2,1-4H3. The lowest BCUT2D eigenvalue weighted by molar-refractivity contribution is 0.481. The van der Waals surface area contributed by atoms with E-state index in [4.69, 9.17) is 0 Å². The Morgan fingerprint density at radius 2 is 2.11 bits per heavy atom.